The summed E-state index contributed by atoms with van der Waals surface area (Å²) in [5.74, 6) is 1.37. The molecule has 11 nitrogen and oxygen atoms in total. The molecule has 0 unspecified atom stereocenters. The van der Waals surface area contributed by atoms with E-state index in [0.29, 0.717) is 11.8 Å². The number of thiazole rings is 2. The van der Waals surface area contributed by atoms with Crippen LogP contribution in [0.1, 0.15) is 83.4 Å². The molecular weight excluding hydrogens is 753 g/mol. The van der Waals surface area contributed by atoms with Crippen LogP contribution in [0.15, 0.2) is 35.3 Å². The van der Waals surface area contributed by atoms with Crippen molar-refractivity contribution in [1.82, 2.24) is 30.2 Å². The number of pyridine rings is 2. The van der Waals surface area contributed by atoms with Gasteiger partial charge >= 0.3 is 5.97 Å². The Morgan fingerprint density at radius 3 is 1.60 bits per heavy atom. The lowest BCUT2D eigenvalue weighted by molar-refractivity contribution is -0.146. The summed E-state index contributed by atoms with van der Waals surface area (Å²) in [6, 6.07) is 4.27. The molecule has 300 valence electrons. The largest absolute Gasteiger partial charge is 0.481 e. The molecule has 0 spiro atoms. The minimum Gasteiger partial charge on any atom is -0.481 e. The first-order chi connectivity index (χ1) is 27.6. The van der Waals surface area contributed by atoms with Gasteiger partial charge in [0.2, 0.25) is 5.91 Å². The zero-order valence-electron chi connectivity index (χ0n) is 33.5. The standard InChI is InChI=1S/C22H26N4OS.C16H18N4S.C6H10O2/c1-14-9-17(10-14)22(27)26-7-5-25(6-8-26)21-3-4-23-19-12-16(11-18(19)21)20-13-28-15(2)24-20;1-11-19-15(10-21-11)12-8-13-14(9-12)18-3-2-16(13)20-6-4-17-5-7-20;1-4-2-5(3-4)6(7)8/h3-4,11,13-14,17H,5-10,12H2,1-2H3;2-3,8,10,17H,4-7,9H2,1H3;4-5H,2-3H2,1H3,(H,7,8). The Kier molecular flexibility index (Phi) is 11.9. The van der Waals surface area contributed by atoms with Crippen molar-refractivity contribution in [3.63, 3.8) is 0 Å². The first-order valence-corrected chi connectivity index (χ1v) is 22.3. The van der Waals surface area contributed by atoms with E-state index in [-0.39, 0.29) is 11.8 Å². The summed E-state index contributed by atoms with van der Waals surface area (Å²) in [4.78, 5) is 48.2. The summed E-state index contributed by atoms with van der Waals surface area (Å²) in [5.41, 5.74) is 12.2. The van der Waals surface area contributed by atoms with Crippen molar-refractivity contribution in [2.24, 2.45) is 23.7 Å². The summed E-state index contributed by atoms with van der Waals surface area (Å²) in [7, 11) is 0. The number of piperazine rings is 2. The van der Waals surface area contributed by atoms with Gasteiger partial charge in [0, 0.05) is 117 Å². The van der Waals surface area contributed by atoms with Crippen molar-refractivity contribution in [2.75, 3.05) is 62.2 Å². The Morgan fingerprint density at radius 1 is 0.702 bits per heavy atom. The second-order valence-electron chi connectivity index (χ2n) is 16.5. The van der Waals surface area contributed by atoms with Crippen LogP contribution in [0.2, 0.25) is 0 Å². The van der Waals surface area contributed by atoms with Gasteiger partial charge in [0.1, 0.15) is 0 Å². The first-order valence-electron chi connectivity index (χ1n) is 20.5. The quantitative estimate of drug-likeness (QED) is 0.208. The van der Waals surface area contributed by atoms with Crippen LogP contribution in [0.3, 0.4) is 0 Å². The Labute approximate surface area is 344 Å². The molecule has 0 atom stereocenters. The van der Waals surface area contributed by atoms with E-state index in [1.165, 1.54) is 39.3 Å². The summed E-state index contributed by atoms with van der Waals surface area (Å²) in [6.07, 6.45) is 14.1. The molecule has 4 aromatic heterocycles. The Balaban J connectivity index is 0.000000137. The molecular formula is C44H54N8O3S2. The number of allylic oxidation sites excluding steroid dienone is 2. The fraction of sp³-hybridized carbons (Fsp3) is 0.500. The van der Waals surface area contributed by atoms with Gasteiger partial charge in [-0.3, -0.25) is 19.6 Å². The zero-order valence-corrected chi connectivity index (χ0v) is 35.2. The van der Waals surface area contributed by atoms with E-state index in [4.69, 9.17) is 5.11 Å². The van der Waals surface area contributed by atoms with Gasteiger partial charge in [-0.05, 0) is 86.8 Å². The molecule has 6 heterocycles. The van der Waals surface area contributed by atoms with Gasteiger partial charge < -0.3 is 25.1 Å². The van der Waals surface area contributed by atoms with Crippen LogP contribution in [0.4, 0.5) is 11.4 Å². The van der Waals surface area contributed by atoms with Gasteiger partial charge in [-0.25, -0.2) is 9.97 Å². The molecule has 57 heavy (non-hydrogen) atoms. The number of carboxylic acids is 1. The Bertz CT molecular complexity index is 2150. The molecule has 6 aliphatic rings. The molecule has 0 bridgehead atoms. The number of carbonyl (C=O) groups excluding carboxylic acids is 1. The Morgan fingerprint density at radius 2 is 1.18 bits per heavy atom. The molecule has 0 radical (unpaired) electrons. The number of rotatable bonds is 6. The third kappa shape index (κ3) is 8.85. The number of amides is 1. The minimum absolute atomic E-state index is 0.0231. The summed E-state index contributed by atoms with van der Waals surface area (Å²) in [6.45, 7) is 16.1. The fourth-order valence-electron chi connectivity index (χ4n) is 8.86. The van der Waals surface area contributed by atoms with E-state index >= 15 is 0 Å². The second-order valence-corrected chi connectivity index (χ2v) is 18.6. The van der Waals surface area contributed by atoms with Crippen LogP contribution in [0.25, 0.3) is 23.3 Å². The van der Waals surface area contributed by atoms with E-state index < -0.39 is 5.97 Å². The summed E-state index contributed by atoms with van der Waals surface area (Å²) in [5, 5.41) is 18.3. The van der Waals surface area contributed by atoms with E-state index in [0.717, 1.165) is 124 Å². The zero-order chi connectivity index (χ0) is 39.6. The van der Waals surface area contributed by atoms with Crippen molar-refractivity contribution in [2.45, 2.75) is 66.2 Å². The van der Waals surface area contributed by atoms with Crippen molar-refractivity contribution in [1.29, 1.82) is 0 Å². The van der Waals surface area contributed by atoms with Crippen LogP contribution in [0.5, 0.6) is 0 Å². The molecule has 0 aromatic carbocycles. The average molecular weight is 807 g/mol. The van der Waals surface area contributed by atoms with E-state index in [1.54, 1.807) is 22.7 Å². The molecule has 2 N–H and O–H groups in total. The van der Waals surface area contributed by atoms with E-state index in [9.17, 15) is 9.59 Å². The minimum atomic E-state index is -0.622. The number of fused-ring (bicyclic) bond motifs is 2. The fourth-order valence-corrected chi connectivity index (χ4v) is 10.1. The number of aryl methyl sites for hydroxylation is 2. The second kappa shape index (κ2) is 17.2. The number of aromatic nitrogens is 4. The predicted molar refractivity (Wildman–Crippen MR) is 231 cm³/mol. The average Bonchev–Trinajstić information content (AvgIpc) is 4.02. The third-order valence-electron chi connectivity index (χ3n) is 12.2. The first kappa shape index (κ1) is 39.4. The maximum Gasteiger partial charge on any atom is 0.306 e. The SMILES string of the molecule is CC1CC(C(=O)O)C1.Cc1nc(C2=Cc3c(N4CCN(C(=O)C5CC(C)C5)CC4)ccnc3C2)cs1.Cc1nc(C2=Cc3c(N4CCNCC4)ccnc3C2)cs1. The number of anilines is 2. The molecule has 2 saturated carbocycles. The topological polar surface area (TPSA) is 128 Å². The molecule has 13 heteroatoms. The number of carbonyl (C=O) groups is 2. The maximum absolute atomic E-state index is 12.6. The highest BCUT2D eigenvalue weighted by Gasteiger charge is 2.36. The lowest BCUT2D eigenvalue weighted by Gasteiger charge is -2.41. The maximum atomic E-state index is 12.6. The lowest BCUT2D eigenvalue weighted by atomic mass is 9.75. The van der Waals surface area contributed by atoms with E-state index in [1.807, 2.05) is 19.3 Å². The van der Waals surface area contributed by atoms with Crippen LogP contribution in [-0.4, -0.2) is 94.2 Å². The van der Waals surface area contributed by atoms with Gasteiger partial charge in [-0.2, -0.15) is 0 Å². The number of hydrogen-bond donors (Lipinski definition) is 2. The van der Waals surface area contributed by atoms with Crippen molar-refractivity contribution in [3.8, 4) is 0 Å². The predicted octanol–water partition coefficient (Wildman–Crippen LogP) is 7.11. The number of aliphatic carboxylic acids is 1. The van der Waals surface area contributed by atoms with Crippen LogP contribution in [0, 0.1) is 37.5 Å². The number of nitrogens with one attached hydrogen (secondary N) is 1. The molecule has 2 aliphatic heterocycles. The van der Waals surface area contributed by atoms with Crippen LogP contribution < -0.4 is 15.1 Å². The molecule has 1 amide bonds. The summed E-state index contributed by atoms with van der Waals surface area (Å²) < 4.78 is 0. The van der Waals surface area contributed by atoms with Gasteiger partial charge in [0.25, 0.3) is 0 Å². The number of hydrogen-bond acceptors (Lipinski definition) is 11. The van der Waals surface area contributed by atoms with Crippen molar-refractivity contribution < 1.29 is 14.7 Å². The molecule has 10 rings (SSSR count). The number of nitrogens with zero attached hydrogens (tertiary/aromatic N) is 7. The van der Waals surface area contributed by atoms with Crippen molar-refractivity contribution in [3.05, 3.63) is 79.2 Å². The smallest absolute Gasteiger partial charge is 0.306 e. The Hall–Kier alpha value is -4.46. The van der Waals surface area contributed by atoms with Crippen molar-refractivity contribution >= 4 is 69.2 Å². The van der Waals surface area contributed by atoms with E-state index in [2.05, 4.69) is 95.8 Å². The molecule has 4 aromatic rings. The van der Waals surface area contributed by atoms with Gasteiger partial charge in [0.05, 0.1) is 38.7 Å². The molecule has 4 fully saturated rings. The summed E-state index contributed by atoms with van der Waals surface area (Å²) >= 11 is 3.41. The highest BCUT2D eigenvalue weighted by Crippen LogP contribution is 2.39. The van der Waals surface area contributed by atoms with Crippen LogP contribution in [-0.2, 0) is 22.4 Å². The monoisotopic (exact) mass is 806 g/mol. The van der Waals surface area contributed by atoms with Gasteiger partial charge in [0.15, 0.2) is 0 Å². The lowest BCUT2D eigenvalue weighted by Crippen LogP contribution is -2.52. The third-order valence-corrected chi connectivity index (χ3v) is 13.7. The number of carboxylic acid groups (broad SMARTS) is 1. The van der Waals surface area contributed by atoms with Crippen LogP contribution >= 0.6 is 22.7 Å². The normalized spacial score (nSPS) is 23.4. The molecule has 2 saturated heterocycles. The molecule has 4 aliphatic carbocycles. The van der Waals surface area contributed by atoms with Gasteiger partial charge in [-0.1, -0.05) is 13.8 Å². The highest BCUT2D eigenvalue weighted by molar-refractivity contribution is 7.10. The highest BCUT2D eigenvalue weighted by atomic mass is 32.1. The van der Waals surface area contributed by atoms with Gasteiger partial charge in [-0.15, -0.1) is 22.7 Å².